The van der Waals surface area contributed by atoms with Gasteiger partial charge >= 0.3 is 0 Å². The van der Waals surface area contributed by atoms with Crippen LogP contribution in [-0.2, 0) is 31.1 Å². The van der Waals surface area contributed by atoms with Gasteiger partial charge in [0.25, 0.3) is 11.8 Å². The number of aryl methyl sites for hydroxylation is 2. The molecule has 2 aliphatic carbocycles. The number of imide groups is 2. The summed E-state index contributed by atoms with van der Waals surface area (Å²) in [6, 6.07) is 26.1. The molecule has 242 valence electrons. The zero-order chi connectivity index (χ0) is 33.3. The minimum Gasteiger partial charge on any atom is -0.507 e. The van der Waals surface area contributed by atoms with Gasteiger partial charge in [-0.1, -0.05) is 83.9 Å². The summed E-state index contributed by atoms with van der Waals surface area (Å²) < 4.78 is 0. The van der Waals surface area contributed by atoms with E-state index in [9.17, 15) is 19.5 Å². The number of hydrogen-bond donors (Lipinski definition) is 2. The van der Waals surface area contributed by atoms with Gasteiger partial charge in [0, 0.05) is 16.4 Å². The van der Waals surface area contributed by atoms with Crippen molar-refractivity contribution in [3.05, 3.63) is 129 Å². The van der Waals surface area contributed by atoms with Gasteiger partial charge in [0.2, 0.25) is 11.8 Å². The third-order valence-electron chi connectivity index (χ3n) is 11.0. The molecule has 4 amide bonds. The summed E-state index contributed by atoms with van der Waals surface area (Å²) in [6.07, 6.45) is 2.58. The summed E-state index contributed by atoms with van der Waals surface area (Å²) in [7, 11) is 0. The average molecular weight is 658 g/mol. The number of hydrogen-bond acceptors (Lipinski definition) is 7. The zero-order valence-corrected chi connectivity index (χ0v) is 27.4. The van der Waals surface area contributed by atoms with Crippen LogP contribution in [0, 0.1) is 37.5 Å². The van der Waals surface area contributed by atoms with E-state index in [0.717, 1.165) is 21.0 Å². The van der Waals surface area contributed by atoms with E-state index in [0.29, 0.717) is 28.8 Å². The number of allylic oxidation sites excluding steroid dienone is 2. The fraction of sp³-hybridized carbons (Fsp3) is 0.282. The summed E-state index contributed by atoms with van der Waals surface area (Å²) in [4.78, 5) is 60.3. The van der Waals surface area contributed by atoms with Crippen LogP contribution in [0.2, 0.25) is 0 Å². The zero-order valence-electron chi connectivity index (χ0n) is 26.6. The highest BCUT2D eigenvalue weighted by Gasteiger charge is 2.70. The lowest BCUT2D eigenvalue weighted by molar-refractivity contribution is -0.141. The molecule has 4 aliphatic rings. The summed E-state index contributed by atoms with van der Waals surface area (Å²) in [5, 5.41) is 14.8. The van der Waals surface area contributed by atoms with Crippen LogP contribution < -0.4 is 5.43 Å². The van der Waals surface area contributed by atoms with Gasteiger partial charge in [-0.3, -0.25) is 29.5 Å². The first-order chi connectivity index (χ1) is 23.2. The molecule has 1 aromatic heterocycles. The Bertz CT molecular complexity index is 1990. The Hall–Kier alpha value is -5.02. The number of phenolic OH excluding ortho intramolecular Hbond substituents is 1. The second-order valence-electron chi connectivity index (χ2n) is 13.4. The molecule has 0 radical (unpaired) electrons. The van der Waals surface area contributed by atoms with Gasteiger partial charge in [-0.2, -0.15) is 5.01 Å². The van der Waals surface area contributed by atoms with E-state index < -0.39 is 46.8 Å². The Kier molecular flexibility index (Phi) is 7.14. The third kappa shape index (κ3) is 4.33. The first-order valence-corrected chi connectivity index (χ1v) is 17.2. The summed E-state index contributed by atoms with van der Waals surface area (Å²) >= 11 is 1.50. The number of carbonyl (C=O) groups is 4. The van der Waals surface area contributed by atoms with Gasteiger partial charge < -0.3 is 5.11 Å². The SMILES string of the molecule is Cc1ccc(NN2C(=O)C3CC4C(=CCC5C(=O)N(Cc6cccs6)C(=O)C54)C(c4cccc(C)c4O)C3(c3ccccc3)C2=O)cc1. The summed E-state index contributed by atoms with van der Waals surface area (Å²) in [5.74, 6) is -4.50. The molecule has 6 atom stereocenters. The highest BCUT2D eigenvalue weighted by Crippen LogP contribution is 2.65. The fourth-order valence-corrected chi connectivity index (χ4v) is 9.48. The molecule has 3 heterocycles. The normalized spacial score (nSPS) is 27.9. The predicted molar refractivity (Wildman–Crippen MR) is 182 cm³/mol. The number of para-hydroxylation sites is 1. The number of likely N-dealkylation sites (tertiary alicyclic amines) is 1. The van der Waals surface area contributed by atoms with Gasteiger partial charge in [0.1, 0.15) is 5.75 Å². The van der Waals surface area contributed by atoms with Gasteiger partial charge in [-0.05, 0) is 67.3 Å². The van der Waals surface area contributed by atoms with E-state index >= 15 is 4.79 Å². The van der Waals surface area contributed by atoms with Crippen LogP contribution >= 0.6 is 11.3 Å². The van der Waals surface area contributed by atoms with Crippen molar-refractivity contribution in [2.45, 2.75) is 44.6 Å². The van der Waals surface area contributed by atoms with Gasteiger partial charge in [0.05, 0.1) is 35.4 Å². The highest BCUT2D eigenvalue weighted by molar-refractivity contribution is 7.09. The fourth-order valence-electron chi connectivity index (χ4n) is 8.79. The van der Waals surface area contributed by atoms with E-state index in [1.54, 1.807) is 0 Å². The summed E-state index contributed by atoms with van der Waals surface area (Å²) in [6.45, 7) is 3.99. The van der Waals surface area contributed by atoms with Crippen molar-refractivity contribution in [2.24, 2.45) is 23.7 Å². The lowest BCUT2D eigenvalue weighted by atomic mass is 9.49. The first kappa shape index (κ1) is 30.3. The number of aromatic hydroxyl groups is 1. The Morgan fingerprint density at radius 2 is 1.62 bits per heavy atom. The monoisotopic (exact) mass is 657 g/mol. The third-order valence-corrected chi connectivity index (χ3v) is 11.8. The number of nitrogens with zero attached hydrogens (tertiary/aromatic N) is 2. The van der Waals surface area contributed by atoms with Crippen molar-refractivity contribution in [3.8, 4) is 5.75 Å². The van der Waals surface area contributed by atoms with E-state index in [1.807, 2.05) is 110 Å². The van der Waals surface area contributed by atoms with Crippen molar-refractivity contribution < 1.29 is 24.3 Å². The maximum absolute atomic E-state index is 15.2. The molecule has 2 aliphatic heterocycles. The number of carbonyl (C=O) groups excluding carboxylic acids is 4. The molecule has 3 fully saturated rings. The summed E-state index contributed by atoms with van der Waals surface area (Å²) in [5.41, 5.74) is 6.00. The number of amides is 4. The number of anilines is 1. The van der Waals surface area contributed by atoms with E-state index in [4.69, 9.17) is 0 Å². The number of benzene rings is 3. The molecular formula is C39H35N3O5S. The molecule has 48 heavy (non-hydrogen) atoms. The van der Waals surface area contributed by atoms with Crippen LogP contribution in [0.15, 0.2) is 102 Å². The number of phenols is 1. The van der Waals surface area contributed by atoms with Gasteiger partial charge in [-0.15, -0.1) is 11.3 Å². The van der Waals surface area contributed by atoms with Crippen LogP contribution in [0.25, 0.3) is 0 Å². The number of rotatable bonds is 6. The van der Waals surface area contributed by atoms with Crippen molar-refractivity contribution >= 4 is 40.7 Å². The molecule has 1 saturated carbocycles. The van der Waals surface area contributed by atoms with E-state index in [2.05, 4.69) is 5.43 Å². The molecular weight excluding hydrogens is 623 g/mol. The number of fused-ring (bicyclic) bond motifs is 4. The smallest absolute Gasteiger partial charge is 0.260 e. The van der Waals surface area contributed by atoms with Crippen LogP contribution in [0.4, 0.5) is 5.69 Å². The molecule has 8 rings (SSSR count). The quantitative estimate of drug-likeness (QED) is 0.187. The average Bonchev–Trinajstić information content (AvgIpc) is 3.76. The van der Waals surface area contributed by atoms with Crippen molar-refractivity contribution in [1.29, 1.82) is 0 Å². The molecule has 8 nitrogen and oxygen atoms in total. The Labute approximate surface area is 282 Å². The maximum Gasteiger partial charge on any atom is 0.260 e. The molecule has 6 unspecified atom stereocenters. The van der Waals surface area contributed by atoms with Crippen LogP contribution in [0.1, 0.15) is 45.9 Å². The lowest BCUT2D eigenvalue weighted by Gasteiger charge is -2.50. The Balaban J connectivity index is 1.31. The second-order valence-corrected chi connectivity index (χ2v) is 14.5. The minimum absolute atomic E-state index is 0.0542. The lowest BCUT2D eigenvalue weighted by Crippen LogP contribution is -2.53. The standard InChI is InChI=1S/C39H35N3O5S/c1-22-13-15-25(16-14-22)40-42-36(45)31-20-30-27(17-18-28-32(30)37(46)41(35(28)44)21-26-11-7-19-48-26)33(29-12-6-8-23(2)34(29)43)39(31,38(42)47)24-9-4-3-5-10-24/h3-17,19,28,30-33,40,43H,18,20-21H2,1-2H3. The maximum atomic E-state index is 15.2. The van der Waals surface area contributed by atoms with Crippen molar-refractivity contribution in [1.82, 2.24) is 9.91 Å². The second kappa shape index (κ2) is 11.3. The van der Waals surface area contributed by atoms with E-state index in [-0.39, 0.29) is 30.5 Å². The Morgan fingerprint density at radius 1 is 0.854 bits per heavy atom. The van der Waals surface area contributed by atoms with E-state index in [1.165, 1.54) is 16.2 Å². The van der Waals surface area contributed by atoms with Crippen LogP contribution in [0.5, 0.6) is 5.75 Å². The minimum atomic E-state index is -1.42. The Morgan fingerprint density at radius 3 is 2.35 bits per heavy atom. The predicted octanol–water partition coefficient (Wildman–Crippen LogP) is 6.26. The van der Waals surface area contributed by atoms with Crippen LogP contribution in [-0.4, -0.2) is 38.6 Å². The molecule has 0 spiro atoms. The van der Waals surface area contributed by atoms with Gasteiger partial charge in [0.15, 0.2) is 0 Å². The number of thiophene rings is 1. The largest absolute Gasteiger partial charge is 0.507 e. The van der Waals surface area contributed by atoms with Crippen LogP contribution in [0.3, 0.4) is 0 Å². The number of hydrazine groups is 1. The number of nitrogens with one attached hydrogen (secondary N) is 1. The molecule has 3 aromatic carbocycles. The van der Waals surface area contributed by atoms with Crippen molar-refractivity contribution in [3.63, 3.8) is 0 Å². The molecule has 4 aromatic rings. The highest BCUT2D eigenvalue weighted by atomic mass is 32.1. The molecule has 9 heteroatoms. The van der Waals surface area contributed by atoms with Gasteiger partial charge in [-0.25, -0.2) is 0 Å². The molecule has 2 N–H and O–H groups in total. The molecule has 0 bridgehead atoms. The molecule has 2 saturated heterocycles. The van der Waals surface area contributed by atoms with Crippen molar-refractivity contribution in [2.75, 3.05) is 5.43 Å². The first-order valence-electron chi connectivity index (χ1n) is 16.3. The topological polar surface area (TPSA) is 107 Å².